The lowest BCUT2D eigenvalue weighted by molar-refractivity contribution is -0.202. The van der Waals surface area contributed by atoms with E-state index in [1.807, 2.05) is 20.8 Å². The zero-order valence-electron chi connectivity index (χ0n) is 14.2. The van der Waals surface area contributed by atoms with Gasteiger partial charge >= 0.3 is 0 Å². The highest BCUT2D eigenvalue weighted by molar-refractivity contribution is 4.83. The highest BCUT2D eigenvalue weighted by Gasteiger charge is 2.41. The summed E-state index contributed by atoms with van der Waals surface area (Å²) < 4.78 is 16.7. The molecule has 0 aromatic rings. The van der Waals surface area contributed by atoms with Gasteiger partial charge in [0, 0.05) is 12.8 Å². The molecule has 0 bridgehead atoms. The summed E-state index contributed by atoms with van der Waals surface area (Å²) in [5.41, 5.74) is 0. The fourth-order valence-corrected chi connectivity index (χ4v) is 2.75. The molecular weight excluding hydrogens is 288 g/mol. The Hall–Kier alpha value is -0.240. The van der Waals surface area contributed by atoms with Crippen LogP contribution in [0.15, 0.2) is 0 Å². The molecule has 1 saturated heterocycles. The Kier molecular flexibility index (Phi) is 7.71. The first-order valence-electron chi connectivity index (χ1n) is 8.27. The minimum absolute atomic E-state index is 0.172. The van der Waals surface area contributed by atoms with Crippen LogP contribution in [0.25, 0.3) is 0 Å². The first-order valence-corrected chi connectivity index (χ1v) is 8.27. The molecule has 1 heterocycles. The predicted molar refractivity (Wildman–Crippen MR) is 82.3 cm³/mol. The molecule has 0 aromatic heterocycles. The van der Waals surface area contributed by atoms with Crippen LogP contribution in [-0.4, -0.2) is 58.4 Å². The Bertz CT molecular complexity index is 322. The van der Waals surface area contributed by atoms with Gasteiger partial charge < -0.3 is 29.5 Å². The smallest absolute Gasteiger partial charge is 0.166 e. The Labute approximate surface area is 133 Å². The maximum absolute atomic E-state index is 10.2. The molecular formula is C16H32O6. The van der Waals surface area contributed by atoms with Gasteiger partial charge in [0.15, 0.2) is 11.6 Å². The average molecular weight is 320 g/mol. The number of rotatable bonds is 10. The van der Waals surface area contributed by atoms with Crippen molar-refractivity contribution in [1.82, 2.24) is 0 Å². The largest absolute Gasteiger partial charge is 0.390 e. The summed E-state index contributed by atoms with van der Waals surface area (Å²) in [6.45, 7) is 7.88. The lowest BCUT2D eigenvalue weighted by atomic mass is 10.1. The van der Waals surface area contributed by atoms with Crippen LogP contribution in [0, 0.1) is 0 Å². The normalized spacial score (nSPS) is 31.0. The van der Waals surface area contributed by atoms with Gasteiger partial charge in [-0.2, -0.15) is 0 Å². The van der Waals surface area contributed by atoms with Crippen molar-refractivity contribution in [2.24, 2.45) is 0 Å². The van der Waals surface area contributed by atoms with Gasteiger partial charge in [0.25, 0.3) is 0 Å². The van der Waals surface area contributed by atoms with E-state index < -0.39 is 29.9 Å². The molecule has 6 heteroatoms. The summed E-state index contributed by atoms with van der Waals surface area (Å²) in [6, 6.07) is 0. The lowest BCUT2D eigenvalue weighted by Gasteiger charge is -2.27. The molecule has 6 nitrogen and oxygen atoms in total. The van der Waals surface area contributed by atoms with Crippen LogP contribution in [0.1, 0.15) is 59.8 Å². The molecule has 1 aliphatic heterocycles. The fourth-order valence-electron chi connectivity index (χ4n) is 2.75. The van der Waals surface area contributed by atoms with E-state index >= 15 is 0 Å². The Balaban J connectivity index is 2.35. The Morgan fingerprint density at radius 1 is 1.32 bits per heavy atom. The van der Waals surface area contributed by atoms with Crippen molar-refractivity contribution in [3.63, 3.8) is 0 Å². The highest BCUT2D eigenvalue weighted by atomic mass is 16.7. The monoisotopic (exact) mass is 320 g/mol. The highest BCUT2D eigenvalue weighted by Crippen LogP contribution is 2.30. The SMILES string of the molecule is CCCC(C)(O)OCCC(O)C(O)C1COC(C)(CCC)O1. The number of hydrogen-bond donors (Lipinski definition) is 3. The molecule has 0 amide bonds. The van der Waals surface area contributed by atoms with E-state index in [1.54, 1.807) is 6.92 Å². The first kappa shape index (κ1) is 19.8. The second-order valence-electron chi connectivity index (χ2n) is 6.47. The minimum atomic E-state index is -1.19. The topological polar surface area (TPSA) is 88.4 Å². The molecule has 22 heavy (non-hydrogen) atoms. The molecule has 132 valence electrons. The van der Waals surface area contributed by atoms with Crippen molar-refractivity contribution in [3.05, 3.63) is 0 Å². The number of ether oxygens (including phenoxy) is 3. The van der Waals surface area contributed by atoms with Crippen LogP contribution in [0.3, 0.4) is 0 Å². The van der Waals surface area contributed by atoms with Gasteiger partial charge in [0.2, 0.25) is 0 Å². The summed E-state index contributed by atoms with van der Waals surface area (Å²) in [5.74, 6) is -1.87. The Morgan fingerprint density at radius 3 is 2.59 bits per heavy atom. The third kappa shape index (κ3) is 6.10. The fraction of sp³-hybridized carbons (Fsp3) is 1.00. The second kappa shape index (κ2) is 8.57. The van der Waals surface area contributed by atoms with Gasteiger partial charge in [-0.25, -0.2) is 0 Å². The Morgan fingerprint density at radius 2 is 2.00 bits per heavy atom. The summed E-state index contributed by atoms with van der Waals surface area (Å²) in [5, 5.41) is 30.1. The summed E-state index contributed by atoms with van der Waals surface area (Å²) in [7, 11) is 0. The molecule has 3 N–H and O–H groups in total. The molecule has 0 aromatic carbocycles. The number of hydrogen-bond acceptors (Lipinski definition) is 6. The summed E-state index contributed by atoms with van der Waals surface area (Å²) in [4.78, 5) is 0. The van der Waals surface area contributed by atoms with Crippen LogP contribution in [0.5, 0.6) is 0 Å². The standard InChI is InChI=1S/C16H32O6/c1-5-8-15(3,19)20-10-7-12(17)14(18)13-11-21-16(4,22-13)9-6-2/h12-14,17-19H,5-11H2,1-4H3. The molecule has 0 spiro atoms. The molecule has 1 fully saturated rings. The maximum Gasteiger partial charge on any atom is 0.166 e. The molecule has 0 saturated carbocycles. The van der Waals surface area contributed by atoms with Crippen LogP contribution >= 0.6 is 0 Å². The van der Waals surface area contributed by atoms with E-state index in [-0.39, 0.29) is 19.6 Å². The summed E-state index contributed by atoms with van der Waals surface area (Å²) in [6.07, 6.45) is 0.682. The van der Waals surface area contributed by atoms with E-state index in [1.165, 1.54) is 0 Å². The predicted octanol–water partition coefficient (Wildman–Crippen LogP) is 1.56. The van der Waals surface area contributed by atoms with Gasteiger partial charge in [-0.1, -0.05) is 26.7 Å². The third-order valence-corrected chi connectivity index (χ3v) is 3.97. The number of aliphatic hydroxyl groups is 3. The minimum Gasteiger partial charge on any atom is -0.390 e. The first-order chi connectivity index (χ1) is 10.2. The molecule has 0 radical (unpaired) electrons. The van der Waals surface area contributed by atoms with Crippen LogP contribution in [0.2, 0.25) is 0 Å². The van der Waals surface area contributed by atoms with Crippen LogP contribution in [-0.2, 0) is 14.2 Å². The third-order valence-electron chi connectivity index (χ3n) is 3.97. The maximum atomic E-state index is 10.2. The van der Waals surface area contributed by atoms with Crippen molar-refractivity contribution in [2.75, 3.05) is 13.2 Å². The lowest BCUT2D eigenvalue weighted by Crippen LogP contribution is -2.41. The van der Waals surface area contributed by atoms with Crippen molar-refractivity contribution in [2.45, 2.75) is 89.7 Å². The van der Waals surface area contributed by atoms with E-state index in [2.05, 4.69) is 0 Å². The zero-order valence-corrected chi connectivity index (χ0v) is 14.2. The van der Waals surface area contributed by atoms with E-state index in [0.717, 1.165) is 19.3 Å². The number of aliphatic hydroxyl groups excluding tert-OH is 2. The van der Waals surface area contributed by atoms with Crippen LogP contribution in [0.4, 0.5) is 0 Å². The van der Waals surface area contributed by atoms with Gasteiger partial charge in [-0.3, -0.25) is 0 Å². The van der Waals surface area contributed by atoms with E-state index in [0.29, 0.717) is 6.42 Å². The van der Waals surface area contributed by atoms with Gasteiger partial charge in [-0.15, -0.1) is 0 Å². The van der Waals surface area contributed by atoms with Crippen molar-refractivity contribution < 1.29 is 29.5 Å². The quantitative estimate of drug-likeness (QED) is 0.529. The van der Waals surface area contributed by atoms with Crippen molar-refractivity contribution in [3.8, 4) is 0 Å². The molecule has 1 aliphatic rings. The molecule has 5 unspecified atom stereocenters. The average Bonchev–Trinajstić information content (AvgIpc) is 2.80. The second-order valence-corrected chi connectivity index (χ2v) is 6.47. The van der Waals surface area contributed by atoms with Gasteiger partial charge in [-0.05, 0) is 20.3 Å². The van der Waals surface area contributed by atoms with Crippen molar-refractivity contribution in [1.29, 1.82) is 0 Å². The van der Waals surface area contributed by atoms with E-state index in [4.69, 9.17) is 14.2 Å². The van der Waals surface area contributed by atoms with Gasteiger partial charge in [0.05, 0.1) is 19.3 Å². The van der Waals surface area contributed by atoms with Crippen molar-refractivity contribution >= 4 is 0 Å². The van der Waals surface area contributed by atoms with Gasteiger partial charge in [0.1, 0.15) is 12.2 Å². The zero-order chi connectivity index (χ0) is 16.8. The summed E-state index contributed by atoms with van der Waals surface area (Å²) >= 11 is 0. The molecule has 5 atom stereocenters. The van der Waals surface area contributed by atoms with Crippen LogP contribution < -0.4 is 0 Å². The molecule has 1 rings (SSSR count). The molecule has 0 aliphatic carbocycles. The van der Waals surface area contributed by atoms with E-state index in [9.17, 15) is 15.3 Å².